The molecule has 1 atom stereocenters. The summed E-state index contributed by atoms with van der Waals surface area (Å²) in [4.78, 5) is 12.1. The van der Waals surface area contributed by atoms with Gasteiger partial charge in [-0.15, -0.1) is 0 Å². The van der Waals surface area contributed by atoms with Crippen molar-refractivity contribution in [2.75, 3.05) is 11.4 Å². The third-order valence-electron chi connectivity index (χ3n) is 5.27. The fraction of sp³-hybridized carbons (Fsp3) is 0.273. The molecule has 0 saturated carbocycles. The van der Waals surface area contributed by atoms with Crippen LogP contribution in [0.25, 0.3) is 0 Å². The number of benzene rings is 2. The van der Waals surface area contributed by atoms with Crippen molar-refractivity contribution in [1.82, 2.24) is 9.97 Å². The predicted octanol–water partition coefficient (Wildman–Crippen LogP) is 3.01. The van der Waals surface area contributed by atoms with Crippen LogP contribution in [0.5, 0.6) is 0 Å². The monoisotopic (exact) mass is 422 g/mol. The number of hydrogen-bond donors (Lipinski definition) is 0. The van der Waals surface area contributed by atoms with Gasteiger partial charge in [0, 0.05) is 0 Å². The Hall–Kier alpha value is -2.19. The molecule has 3 nitrogen and oxygen atoms in total. The summed E-state index contributed by atoms with van der Waals surface area (Å²) < 4.78 is 15.2. The summed E-state index contributed by atoms with van der Waals surface area (Å²) in [5.74, 6) is 0.833. The molecule has 0 N–H and O–H groups in total. The van der Waals surface area contributed by atoms with Crippen molar-refractivity contribution < 1.29 is 4.39 Å². The van der Waals surface area contributed by atoms with E-state index in [4.69, 9.17) is 9.97 Å². The number of hydrogen-bond acceptors (Lipinski definition) is 3. The summed E-state index contributed by atoms with van der Waals surface area (Å²) >= 11 is -0.368. The average molecular weight is 422 g/mol. The first-order chi connectivity index (χ1) is 13.0. The Balaban J connectivity index is 1.68. The van der Waals surface area contributed by atoms with Crippen molar-refractivity contribution in [2.45, 2.75) is 33.2 Å². The molecule has 1 aliphatic heterocycles. The fourth-order valence-electron chi connectivity index (χ4n) is 3.62. The molecule has 1 radical (unpaired) electrons. The van der Waals surface area contributed by atoms with Gasteiger partial charge in [0.15, 0.2) is 0 Å². The predicted molar refractivity (Wildman–Crippen MR) is 109 cm³/mol. The van der Waals surface area contributed by atoms with E-state index in [0.717, 1.165) is 39.0 Å². The van der Waals surface area contributed by atoms with Gasteiger partial charge in [0.05, 0.1) is 0 Å². The van der Waals surface area contributed by atoms with Crippen LogP contribution in [0.2, 0.25) is 0 Å². The van der Waals surface area contributed by atoms with Crippen LogP contribution in [0.3, 0.4) is 0 Å². The number of rotatable bonds is 3. The quantitative estimate of drug-likeness (QED) is 0.608. The average Bonchev–Trinajstić information content (AvgIpc) is 2.67. The first-order valence-corrected chi connectivity index (χ1v) is 11.1. The molecule has 2 heterocycles. The molecule has 27 heavy (non-hydrogen) atoms. The van der Waals surface area contributed by atoms with Gasteiger partial charge >= 0.3 is 166 Å². The minimum atomic E-state index is -0.368. The van der Waals surface area contributed by atoms with Crippen molar-refractivity contribution >= 4 is 30.5 Å². The molecule has 4 rings (SSSR count). The molecule has 1 aromatic heterocycles. The van der Waals surface area contributed by atoms with Gasteiger partial charge in [-0.25, -0.2) is 0 Å². The van der Waals surface area contributed by atoms with E-state index in [0.29, 0.717) is 0 Å². The van der Waals surface area contributed by atoms with Crippen LogP contribution in [0.1, 0.15) is 35.3 Å². The van der Waals surface area contributed by atoms with E-state index in [1.54, 1.807) is 0 Å². The van der Waals surface area contributed by atoms with Crippen molar-refractivity contribution in [1.29, 1.82) is 0 Å². The van der Waals surface area contributed by atoms with Crippen molar-refractivity contribution in [3.63, 3.8) is 0 Å². The molecule has 5 heteroatoms. The first-order valence-electron chi connectivity index (χ1n) is 9.20. The Morgan fingerprint density at radius 1 is 1.04 bits per heavy atom. The van der Waals surface area contributed by atoms with E-state index in [1.165, 1.54) is 23.3 Å². The molecule has 0 saturated heterocycles. The first kappa shape index (κ1) is 18.2. The van der Waals surface area contributed by atoms with Crippen LogP contribution in [0.4, 0.5) is 10.2 Å². The second kappa shape index (κ2) is 7.44. The van der Waals surface area contributed by atoms with Crippen molar-refractivity contribution in [3.05, 3.63) is 76.7 Å². The van der Waals surface area contributed by atoms with Gasteiger partial charge in [-0.05, 0) is 0 Å². The van der Waals surface area contributed by atoms with Crippen LogP contribution in [0, 0.1) is 19.7 Å². The van der Waals surface area contributed by atoms with Gasteiger partial charge in [-0.3, -0.25) is 0 Å². The van der Waals surface area contributed by atoms with E-state index >= 15 is 0 Å². The van der Waals surface area contributed by atoms with E-state index in [-0.39, 0.29) is 27.6 Å². The van der Waals surface area contributed by atoms with Crippen LogP contribution in [0.15, 0.2) is 48.5 Å². The molecular weight excluding hydrogens is 400 g/mol. The number of anilines is 1. The Morgan fingerprint density at radius 3 is 2.56 bits per heavy atom. The van der Waals surface area contributed by atoms with E-state index in [1.807, 2.05) is 12.1 Å². The zero-order valence-electron chi connectivity index (χ0n) is 15.8. The molecule has 2 aromatic carbocycles. The molecule has 0 fully saturated rings. The van der Waals surface area contributed by atoms with Crippen molar-refractivity contribution in [3.8, 4) is 0 Å². The second-order valence-corrected chi connectivity index (χ2v) is 9.36. The zero-order valence-corrected chi connectivity index (χ0v) is 17.7. The van der Waals surface area contributed by atoms with Crippen LogP contribution < -0.4 is 13.9 Å². The fourth-order valence-corrected chi connectivity index (χ4v) is 5.45. The summed E-state index contributed by atoms with van der Waals surface area (Å²) in [6.07, 6.45) is 1.03. The third-order valence-corrected chi connectivity index (χ3v) is 7.28. The Morgan fingerprint density at radius 2 is 1.78 bits per heavy atom. The molecule has 3 aromatic rings. The maximum absolute atomic E-state index is 13.2. The van der Waals surface area contributed by atoms with Gasteiger partial charge in [0.1, 0.15) is 0 Å². The molecule has 1 aliphatic rings. The van der Waals surface area contributed by atoms with Gasteiger partial charge < -0.3 is 0 Å². The van der Waals surface area contributed by atoms with Crippen LogP contribution in [-0.2, 0) is 6.42 Å². The summed E-state index contributed by atoms with van der Waals surface area (Å²) in [6, 6.07) is 15.7. The molecule has 0 spiro atoms. The summed E-state index contributed by atoms with van der Waals surface area (Å²) in [6.45, 7) is 7.37. The normalized spacial score (nSPS) is 16.7. The van der Waals surface area contributed by atoms with E-state index in [9.17, 15) is 4.39 Å². The Bertz CT molecular complexity index is 972. The number of fused-ring (bicyclic) bond motifs is 1. The summed E-state index contributed by atoms with van der Waals surface area (Å²) in [5.41, 5.74) is 4.99. The molecule has 1 unspecified atom stereocenters. The molecule has 0 aliphatic carbocycles. The van der Waals surface area contributed by atoms with Gasteiger partial charge in [0.2, 0.25) is 0 Å². The number of halogens is 1. The molecular formula is C22H22AsFN3. The van der Waals surface area contributed by atoms with Crippen LogP contribution in [-0.4, -0.2) is 32.3 Å². The Labute approximate surface area is 166 Å². The third kappa shape index (κ3) is 3.64. The topological polar surface area (TPSA) is 29.0 Å². The van der Waals surface area contributed by atoms with Crippen LogP contribution >= 0.6 is 0 Å². The second-order valence-electron chi connectivity index (χ2n) is 6.96. The number of nitrogens with zero attached hydrogens (tertiary/aromatic N) is 3. The summed E-state index contributed by atoms with van der Waals surface area (Å²) in [7, 11) is 0. The molecule has 137 valence electrons. The zero-order chi connectivity index (χ0) is 19.0. The standard InChI is InChI=1S/C22H22AsFN3/c1-14-15(2)25-22(23-18-8-10-19(24)11-9-18)26-21(14)27-13-12-17-6-4-5-7-20(17)16(27)3/h4-11,16H,12-13H2,1-3H3. The Kier molecular flexibility index (Phi) is 5.01. The molecule has 0 bridgehead atoms. The van der Waals surface area contributed by atoms with Gasteiger partial charge in [0.25, 0.3) is 0 Å². The summed E-state index contributed by atoms with van der Waals surface area (Å²) in [5, 5.41) is 0. The molecule has 0 amide bonds. The van der Waals surface area contributed by atoms with Gasteiger partial charge in [-0.2, -0.15) is 0 Å². The maximum atomic E-state index is 13.2. The SMILES string of the molecule is Cc1nc([As]c2ccc(F)cc2)nc(N2CCc3ccccc3C2C)c1C. The number of aromatic nitrogens is 2. The van der Waals surface area contributed by atoms with E-state index < -0.39 is 0 Å². The minimum absolute atomic E-state index is 0.206. The van der Waals surface area contributed by atoms with Gasteiger partial charge in [-0.1, -0.05) is 0 Å². The van der Waals surface area contributed by atoms with E-state index in [2.05, 4.69) is 49.9 Å². The van der Waals surface area contributed by atoms with Crippen molar-refractivity contribution in [2.24, 2.45) is 0 Å². The number of aryl methyl sites for hydroxylation is 1.